The summed E-state index contributed by atoms with van der Waals surface area (Å²) >= 11 is 1.37. The number of dihydropyridines is 1. The number of aryl methyl sites for hydroxylation is 1. The van der Waals surface area contributed by atoms with Crippen molar-refractivity contribution >= 4 is 23.3 Å². The molecule has 2 N–H and O–H groups in total. The molecule has 2 aromatic heterocycles. The number of rotatable bonds is 5. The molecule has 0 bridgehead atoms. The van der Waals surface area contributed by atoms with Crippen LogP contribution in [0.1, 0.15) is 36.6 Å². The number of aromatic nitrogens is 2. The minimum absolute atomic E-state index is 0.00285. The molecule has 0 saturated heterocycles. The number of nitrogens with one attached hydrogen (secondary N) is 2. The van der Waals surface area contributed by atoms with Crippen molar-refractivity contribution in [2.24, 2.45) is 0 Å². The van der Waals surface area contributed by atoms with Crippen LogP contribution in [-0.2, 0) is 19.1 Å². The lowest BCUT2D eigenvalue weighted by Gasteiger charge is -2.31. The third-order valence-corrected chi connectivity index (χ3v) is 7.09. The van der Waals surface area contributed by atoms with Crippen LogP contribution < -0.4 is 10.9 Å². The fourth-order valence-electron chi connectivity index (χ4n) is 4.50. The zero-order chi connectivity index (χ0) is 26.9. The van der Waals surface area contributed by atoms with Gasteiger partial charge in [0.2, 0.25) is 0 Å². The van der Waals surface area contributed by atoms with Gasteiger partial charge in [0.1, 0.15) is 16.6 Å². The molecule has 3 aromatic rings. The molecule has 4 rings (SSSR count). The number of hydrogen-bond donors (Lipinski definition) is 2. The first-order chi connectivity index (χ1) is 17.7. The molecule has 0 amide bonds. The number of H-pyrrole nitrogens is 1. The van der Waals surface area contributed by atoms with Crippen LogP contribution in [0.4, 0.5) is 0 Å². The summed E-state index contributed by atoms with van der Waals surface area (Å²) in [6.45, 7) is 5.26. The Hall–Kier alpha value is -4.49. The van der Waals surface area contributed by atoms with E-state index in [1.54, 1.807) is 20.8 Å². The molecule has 0 saturated carbocycles. The quantitative estimate of drug-likeness (QED) is 0.487. The van der Waals surface area contributed by atoms with E-state index in [9.17, 15) is 19.6 Å². The van der Waals surface area contributed by atoms with Gasteiger partial charge < -0.3 is 19.8 Å². The molecule has 10 heteroatoms. The maximum Gasteiger partial charge on any atom is 0.336 e. The Morgan fingerprint density at radius 3 is 2.24 bits per heavy atom. The average Bonchev–Trinajstić information content (AvgIpc) is 3.37. The number of carbonyl (C=O) groups excluding carboxylic acids is 2. The zero-order valence-corrected chi connectivity index (χ0v) is 21.7. The molecule has 0 atom stereocenters. The summed E-state index contributed by atoms with van der Waals surface area (Å²) in [7, 11) is 2.59. The topological polar surface area (TPSA) is 134 Å². The van der Waals surface area contributed by atoms with Crippen LogP contribution in [0.5, 0.6) is 0 Å². The summed E-state index contributed by atoms with van der Waals surface area (Å²) in [6.07, 6.45) is 0. The van der Waals surface area contributed by atoms with E-state index >= 15 is 0 Å². The van der Waals surface area contributed by atoms with Crippen LogP contribution in [0.3, 0.4) is 0 Å². The molecular weight excluding hydrogens is 492 g/mol. The van der Waals surface area contributed by atoms with Gasteiger partial charge in [0.05, 0.1) is 37.0 Å². The standard InChI is InChI=1S/C27H24N4O5S/c1-13-19(10-16(11-28)24(32)30-13)20-12-37-25(31-20)18-9-7-6-8-17(18)23-21(26(33)35-4)14(2)29-15(3)22(23)27(34)36-5/h6-10,12,23,29H,1-5H3,(H,30,32). The van der Waals surface area contributed by atoms with Crippen LogP contribution in [0.25, 0.3) is 21.8 Å². The number of carbonyl (C=O) groups is 2. The highest BCUT2D eigenvalue weighted by molar-refractivity contribution is 7.13. The van der Waals surface area contributed by atoms with Crippen molar-refractivity contribution in [2.45, 2.75) is 26.7 Å². The first-order valence-electron chi connectivity index (χ1n) is 11.3. The largest absolute Gasteiger partial charge is 0.466 e. The van der Waals surface area contributed by atoms with Gasteiger partial charge in [0.25, 0.3) is 5.56 Å². The molecule has 3 heterocycles. The number of allylic oxidation sites excluding steroid dienone is 2. The lowest BCUT2D eigenvalue weighted by Crippen LogP contribution is -2.32. The highest BCUT2D eigenvalue weighted by Crippen LogP contribution is 2.44. The van der Waals surface area contributed by atoms with Gasteiger partial charge in [0.15, 0.2) is 0 Å². The monoisotopic (exact) mass is 516 g/mol. The zero-order valence-electron chi connectivity index (χ0n) is 20.9. The third kappa shape index (κ3) is 4.57. The van der Waals surface area contributed by atoms with Gasteiger partial charge in [-0.1, -0.05) is 24.3 Å². The van der Waals surface area contributed by atoms with E-state index in [1.165, 1.54) is 31.6 Å². The molecule has 0 fully saturated rings. The smallest absolute Gasteiger partial charge is 0.336 e. The minimum atomic E-state index is -0.760. The Labute approximate surface area is 217 Å². The summed E-state index contributed by atoms with van der Waals surface area (Å²) in [6, 6.07) is 10.8. The van der Waals surface area contributed by atoms with Gasteiger partial charge in [-0.2, -0.15) is 5.26 Å². The van der Waals surface area contributed by atoms with Gasteiger partial charge in [0, 0.05) is 33.6 Å². The predicted octanol–water partition coefficient (Wildman–Crippen LogP) is 3.93. The molecular formula is C27H24N4O5S. The fraction of sp³-hybridized carbons (Fsp3) is 0.222. The number of ether oxygens (including phenoxy) is 2. The normalized spacial score (nSPS) is 13.7. The van der Waals surface area contributed by atoms with Gasteiger partial charge in [-0.05, 0) is 32.4 Å². The Morgan fingerprint density at radius 1 is 1.03 bits per heavy atom. The van der Waals surface area contributed by atoms with Crippen molar-refractivity contribution in [3.63, 3.8) is 0 Å². The maximum atomic E-state index is 12.9. The second-order valence-electron chi connectivity index (χ2n) is 8.41. The van der Waals surface area contributed by atoms with E-state index in [0.29, 0.717) is 50.1 Å². The number of nitrogens with zero attached hydrogens (tertiary/aromatic N) is 2. The van der Waals surface area contributed by atoms with Crippen molar-refractivity contribution in [3.8, 4) is 27.9 Å². The highest BCUT2D eigenvalue weighted by Gasteiger charge is 2.39. The fourth-order valence-corrected chi connectivity index (χ4v) is 5.37. The van der Waals surface area contributed by atoms with E-state index in [0.717, 1.165) is 5.56 Å². The number of thiazole rings is 1. The second-order valence-corrected chi connectivity index (χ2v) is 9.26. The number of aromatic amines is 1. The van der Waals surface area contributed by atoms with Crippen molar-refractivity contribution < 1.29 is 19.1 Å². The molecule has 0 unspecified atom stereocenters. The molecule has 1 aliphatic heterocycles. The highest BCUT2D eigenvalue weighted by atomic mass is 32.1. The first kappa shape index (κ1) is 25.6. The average molecular weight is 517 g/mol. The molecule has 37 heavy (non-hydrogen) atoms. The number of pyridine rings is 1. The lowest BCUT2D eigenvalue weighted by molar-refractivity contribution is -0.137. The minimum Gasteiger partial charge on any atom is -0.466 e. The molecule has 9 nitrogen and oxygen atoms in total. The van der Waals surface area contributed by atoms with Gasteiger partial charge >= 0.3 is 11.9 Å². The maximum absolute atomic E-state index is 12.9. The lowest BCUT2D eigenvalue weighted by atomic mass is 9.78. The molecule has 0 spiro atoms. The van der Waals surface area contributed by atoms with Gasteiger partial charge in [-0.3, -0.25) is 4.79 Å². The summed E-state index contributed by atoms with van der Waals surface area (Å²) in [4.78, 5) is 45.3. The number of benzene rings is 1. The van der Waals surface area contributed by atoms with E-state index in [1.807, 2.05) is 35.7 Å². The summed E-state index contributed by atoms with van der Waals surface area (Å²) in [5, 5.41) is 14.9. The van der Waals surface area contributed by atoms with Gasteiger partial charge in [-0.25, -0.2) is 14.6 Å². The number of methoxy groups -OCH3 is 2. The Bertz CT molecular complexity index is 1550. The number of esters is 2. The molecule has 0 radical (unpaired) electrons. The van der Waals surface area contributed by atoms with Crippen LogP contribution in [0, 0.1) is 18.3 Å². The Kier molecular flexibility index (Phi) is 7.09. The van der Waals surface area contributed by atoms with Crippen molar-refractivity contribution in [3.05, 3.63) is 85.4 Å². The Morgan fingerprint density at radius 2 is 1.65 bits per heavy atom. The Balaban J connectivity index is 1.91. The van der Waals surface area contributed by atoms with E-state index < -0.39 is 23.4 Å². The second kappa shape index (κ2) is 10.2. The van der Waals surface area contributed by atoms with E-state index in [-0.39, 0.29) is 5.56 Å². The van der Waals surface area contributed by atoms with Crippen molar-refractivity contribution in [1.29, 1.82) is 5.26 Å². The molecule has 1 aromatic carbocycles. The summed E-state index contributed by atoms with van der Waals surface area (Å²) in [5.41, 5.74) is 4.50. The van der Waals surface area contributed by atoms with Gasteiger partial charge in [-0.15, -0.1) is 11.3 Å². The molecule has 188 valence electrons. The SMILES string of the molecule is COC(=O)C1=C(C)NC(C)=C(C(=O)OC)C1c1ccccc1-c1nc(-c2cc(C#N)c(=O)[nH]c2C)cs1. The van der Waals surface area contributed by atoms with Crippen LogP contribution in [-0.4, -0.2) is 36.1 Å². The van der Waals surface area contributed by atoms with Crippen LogP contribution >= 0.6 is 11.3 Å². The molecule has 0 aliphatic carbocycles. The van der Waals surface area contributed by atoms with E-state index in [2.05, 4.69) is 10.3 Å². The first-order valence-corrected chi connectivity index (χ1v) is 12.1. The molecule has 1 aliphatic rings. The number of hydrogen-bond acceptors (Lipinski definition) is 9. The van der Waals surface area contributed by atoms with Crippen molar-refractivity contribution in [2.75, 3.05) is 14.2 Å². The van der Waals surface area contributed by atoms with Crippen LogP contribution in [0.15, 0.2) is 63.0 Å². The summed E-state index contributed by atoms with van der Waals surface area (Å²) < 4.78 is 10.2. The predicted molar refractivity (Wildman–Crippen MR) is 138 cm³/mol. The third-order valence-electron chi connectivity index (χ3n) is 6.21. The van der Waals surface area contributed by atoms with Crippen molar-refractivity contribution in [1.82, 2.24) is 15.3 Å². The summed E-state index contributed by atoms with van der Waals surface area (Å²) in [5.74, 6) is -1.89. The number of nitriles is 1. The van der Waals surface area contributed by atoms with E-state index in [4.69, 9.17) is 14.5 Å². The van der Waals surface area contributed by atoms with Crippen LogP contribution in [0.2, 0.25) is 0 Å².